The average Bonchev–Trinajstić information content (AvgIpc) is 1.77. The van der Waals surface area contributed by atoms with Crippen molar-refractivity contribution in [3.05, 3.63) is 208 Å². The maximum absolute atomic E-state index is 13.7. The smallest absolute Gasteiger partial charge is 0.147 e. The van der Waals surface area contributed by atoms with Crippen LogP contribution >= 0.6 is 78.3 Å². The van der Waals surface area contributed by atoms with Crippen LogP contribution in [0.3, 0.4) is 0 Å². The van der Waals surface area contributed by atoms with Gasteiger partial charge in [0.15, 0.2) is 0 Å². The summed E-state index contributed by atoms with van der Waals surface area (Å²) >= 11 is 30.2. The Labute approximate surface area is 653 Å². The van der Waals surface area contributed by atoms with Crippen molar-refractivity contribution in [2.45, 2.75) is 201 Å². The normalized spacial score (nSPS) is 16.7. The molecule has 566 valence electrons. The Hall–Kier alpha value is -4.81. The molecule has 18 heteroatoms. The number of Topliss-reactive ketones (excluding diaryl/α,β-unsaturated/α-hetero) is 6. The van der Waals surface area contributed by atoms with Crippen LogP contribution in [0.2, 0.25) is 20.1 Å². The van der Waals surface area contributed by atoms with E-state index in [2.05, 4.69) is 37.2 Å². The lowest BCUT2D eigenvalue weighted by Gasteiger charge is -2.37. The minimum absolute atomic E-state index is 0.00206. The van der Waals surface area contributed by atoms with E-state index in [-0.39, 0.29) is 80.8 Å². The van der Waals surface area contributed by atoms with E-state index in [0.717, 1.165) is 100 Å². The molecule has 1 saturated carbocycles. The van der Waals surface area contributed by atoms with E-state index in [1.54, 1.807) is 6.07 Å². The minimum Gasteiger partial charge on any atom is -0.330 e. The third-order valence-corrected chi connectivity index (χ3v) is 22.1. The molecule has 1 saturated heterocycles. The molecule has 6 aromatic rings. The Bertz CT molecular complexity index is 3430. The van der Waals surface area contributed by atoms with Crippen LogP contribution in [0.1, 0.15) is 207 Å². The van der Waals surface area contributed by atoms with Gasteiger partial charge in [-0.25, -0.2) is 4.39 Å². The number of carbonyl (C=O) groups excluding carboxylic acids is 6. The molecule has 103 heavy (non-hydrogen) atoms. The van der Waals surface area contributed by atoms with Crippen LogP contribution in [-0.4, -0.2) is 74.0 Å². The lowest BCUT2D eigenvalue weighted by molar-refractivity contribution is -0.129. The Balaban J connectivity index is 0.000000321. The zero-order valence-electron chi connectivity index (χ0n) is 63.5. The van der Waals surface area contributed by atoms with Crippen molar-refractivity contribution >= 4 is 113 Å². The minimum atomic E-state index is -0.506. The second-order valence-electron chi connectivity index (χ2n) is 29.8. The second kappa shape index (κ2) is 43.9. The summed E-state index contributed by atoms with van der Waals surface area (Å²) in [5.41, 5.74) is 26.2. The van der Waals surface area contributed by atoms with Crippen molar-refractivity contribution < 1.29 is 33.2 Å². The van der Waals surface area contributed by atoms with Crippen molar-refractivity contribution in [3.63, 3.8) is 0 Å². The number of benzene rings is 6. The predicted molar refractivity (Wildman–Crippen MR) is 437 cm³/mol. The van der Waals surface area contributed by atoms with E-state index < -0.39 is 27.5 Å². The summed E-state index contributed by atoms with van der Waals surface area (Å²) in [6.07, 6.45) is 8.47. The number of halogens is 7. The summed E-state index contributed by atoms with van der Waals surface area (Å²) in [4.78, 5) is 74.3. The maximum atomic E-state index is 13.7. The predicted octanol–water partition coefficient (Wildman–Crippen LogP) is 20.4. The topological polar surface area (TPSA) is 219 Å². The first-order valence-electron chi connectivity index (χ1n) is 36.4. The molecule has 0 bridgehead atoms. The standard InChI is InChI=1S/C16H20ClFO.C14H20BrNO.C14H18ClNO.2C14H20ClNO.C13H18BrNO/c1-11(2)15(19)16(8-4-3-5-9-16)12-6-7-13(17)14(18)10-12;1-10(2)13(17)14(3,8-9-16)11-4-6-12(15)7-5-11;1-10(2)13(17)14(7-8-16-9-14)11-3-5-12(15)6-4-11;2*1-10(2)13(17)14(3,8-9-16)11-4-6-12(15)7-5-11;1-9(2)13(16)12(7-8-15)10-3-5-11(14)6-4-10/h6-7,10-11H,3-5,8-9H2,1-2H3;4-7,10H,8-9,16H2,1-3H3;3-6,10,16H,7-9H2,1-2H3;2*4-7,10H,8-9,16H2,1-3H3;3-6,9,12H,7-8,15H2,1-2H3. The average molecular weight is 1620 g/mol. The lowest BCUT2D eigenvalue weighted by atomic mass is 9.64. The fraction of sp³-hybridized carbons (Fsp3) is 0.506. The third-order valence-electron chi connectivity index (χ3n) is 19.9. The quantitative estimate of drug-likeness (QED) is 0.0344. The van der Waals surface area contributed by atoms with Gasteiger partial charge in [-0.1, -0.05) is 247 Å². The summed E-state index contributed by atoms with van der Waals surface area (Å²) in [6, 6.07) is 43.3. The zero-order chi connectivity index (χ0) is 77.8. The fourth-order valence-electron chi connectivity index (χ4n) is 14.0. The van der Waals surface area contributed by atoms with Gasteiger partial charge in [-0.2, -0.15) is 0 Å². The van der Waals surface area contributed by atoms with E-state index in [1.165, 1.54) is 6.07 Å². The zero-order valence-corrected chi connectivity index (χ0v) is 69.7. The third kappa shape index (κ3) is 26.0. The molecule has 1 aliphatic carbocycles. The molecule has 11 nitrogen and oxygen atoms in total. The number of hydrogen-bond donors (Lipinski definition) is 5. The molecule has 5 unspecified atom stereocenters. The van der Waals surface area contributed by atoms with E-state index in [0.29, 0.717) is 66.3 Å². The van der Waals surface area contributed by atoms with Crippen LogP contribution in [0.15, 0.2) is 148 Å². The van der Waals surface area contributed by atoms with Gasteiger partial charge in [0.2, 0.25) is 0 Å². The van der Waals surface area contributed by atoms with Gasteiger partial charge < -0.3 is 28.3 Å². The van der Waals surface area contributed by atoms with Crippen molar-refractivity contribution in [2.24, 2.45) is 58.4 Å². The molecule has 1 aliphatic heterocycles. The van der Waals surface area contributed by atoms with Crippen LogP contribution < -0.4 is 28.3 Å². The highest BCUT2D eigenvalue weighted by Crippen LogP contribution is 2.43. The highest BCUT2D eigenvalue weighted by atomic mass is 79.9. The molecular formula is C85H116Br2Cl4FN5O6. The Morgan fingerprint density at radius 2 is 0.796 bits per heavy atom. The number of ketones is 6. The van der Waals surface area contributed by atoms with Crippen LogP contribution in [0.25, 0.3) is 0 Å². The summed E-state index contributed by atoms with van der Waals surface area (Å²) < 4.78 is 15.8. The molecule has 0 spiro atoms. The number of rotatable bonds is 26. The summed E-state index contributed by atoms with van der Waals surface area (Å²) in [5.74, 6) is 1.16. The first-order chi connectivity index (χ1) is 48.3. The van der Waals surface area contributed by atoms with Crippen molar-refractivity contribution in [1.29, 1.82) is 0 Å². The lowest BCUT2D eigenvalue weighted by Crippen LogP contribution is -2.40. The fourth-order valence-corrected chi connectivity index (χ4v) is 15.0. The maximum Gasteiger partial charge on any atom is 0.147 e. The molecule has 5 atom stereocenters. The highest BCUT2D eigenvalue weighted by molar-refractivity contribution is 9.10. The van der Waals surface area contributed by atoms with Gasteiger partial charge in [0.1, 0.15) is 40.5 Å². The number of hydrogen-bond acceptors (Lipinski definition) is 11. The van der Waals surface area contributed by atoms with Gasteiger partial charge in [0.25, 0.3) is 0 Å². The molecule has 2 fully saturated rings. The summed E-state index contributed by atoms with van der Waals surface area (Å²) in [6.45, 7) is 32.8. The number of nitrogens with two attached hydrogens (primary N) is 4. The molecule has 0 amide bonds. The van der Waals surface area contributed by atoms with Crippen LogP contribution in [0.4, 0.5) is 4.39 Å². The van der Waals surface area contributed by atoms with E-state index in [1.807, 2.05) is 231 Å². The summed E-state index contributed by atoms with van der Waals surface area (Å²) in [7, 11) is 0. The van der Waals surface area contributed by atoms with Gasteiger partial charge >= 0.3 is 0 Å². The first-order valence-corrected chi connectivity index (χ1v) is 39.5. The molecule has 8 rings (SSSR count). The van der Waals surface area contributed by atoms with E-state index >= 15 is 0 Å². The Morgan fingerprint density at radius 1 is 0.447 bits per heavy atom. The van der Waals surface area contributed by atoms with Gasteiger partial charge in [-0.3, -0.25) is 28.8 Å². The van der Waals surface area contributed by atoms with E-state index in [4.69, 9.17) is 69.3 Å². The molecule has 2 aliphatic rings. The van der Waals surface area contributed by atoms with Crippen molar-refractivity contribution in [2.75, 3.05) is 39.3 Å². The Morgan fingerprint density at radius 3 is 1.12 bits per heavy atom. The molecular weight excluding hydrogens is 1510 g/mol. The van der Waals surface area contributed by atoms with Crippen LogP contribution in [0, 0.1) is 41.3 Å². The first kappa shape index (κ1) is 92.4. The second-order valence-corrected chi connectivity index (χ2v) is 33.3. The molecule has 9 N–H and O–H groups in total. The Kier molecular flexibility index (Phi) is 39.3. The monoisotopic (exact) mass is 1620 g/mol. The molecule has 0 radical (unpaired) electrons. The van der Waals surface area contributed by atoms with Crippen LogP contribution in [0.5, 0.6) is 0 Å². The van der Waals surface area contributed by atoms with Gasteiger partial charge in [0, 0.05) is 72.0 Å². The highest BCUT2D eigenvalue weighted by Gasteiger charge is 2.45. The molecule has 6 aromatic carbocycles. The number of carbonyl (C=O) groups is 6. The van der Waals surface area contributed by atoms with Crippen molar-refractivity contribution in [3.8, 4) is 0 Å². The number of nitrogens with one attached hydrogen (secondary N) is 1. The molecule has 0 aromatic heterocycles. The van der Waals surface area contributed by atoms with Crippen LogP contribution in [-0.2, 0) is 55.8 Å². The van der Waals surface area contributed by atoms with Gasteiger partial charge in [-0.05, 0) is 205 Å². The summed E-state index contributed by atoms with van der Waals surface area (Å²) in [5, 5.41) is 5.50. The van der Waals surface area contributed by atoms with E-state index in [9.17, 15) is 33.2 Å². The van der Waals surface area contributed by atoms with Gasteiger partial charge in [0.05, 0.1) is 32.1 Å². The van der Waals surface area contributed by atoms with Gasteiger partial charge in [-0.15, -0.1) is 0 Å². The molecule has 1 heterocycles. The SMILES string of the molecule is CC(C)C(=O)C(C)(CCN)c1ccc(Br)cc1.CC(C)C(=O)C(C)(CCN)c1ccc(Cl)cc1.CC(C)C(=O)C(C)(CCN)c1ccc(Cl)cc1.CC(C)C(=O)C(CCN)c1ccc(Br)cc1.CC(C)C(=O)C1(c2ccc(Cl)c(F)c2)CCCCC1.CC(C)C(=O)C1(c2ccc(Cl)cc2)CCNC1. The van der Waals surface area contributed by atoms with Crippen molar-refractivity contribution in [1.82, 2.24) is 5.32 Å². The largest absolute Gasteiger partial charge is 0.330 e.